The van der Waals surface area contributed by atoms with Gasteiger partial charge in [-0.2, -0.15) is 0 Å². The van der Waals surface area contributed by atoms with E-state index in [-0.39, 0.29) is 5.41 Å². The molecule has 0 saturated heterocycles. The Morgan fingerprint density at radius 3 is 2.24 bits per heavy atom. The van der Waals surface area contributed by atoms with Gasteiger partial charge < -0.3 is 0 Å². The molecule has 4 rings (SSSR count). The summed E-state index contributed by atoms with van der Waals surface area (Å²) in [6, 6.07) is 17.9. The van der Waals surface area contributed by atoms with Crippen LogP contribution in [0.1, 0.15) is 63.6 Å². The number of benzene rings is 2. The number of aromatic nitrogens is 3. The van der Waals surface area contributed by atoms with Crippen molar-refractivity contribution in [2.45, 2.75) is 68.8 Å². The van der Waals surface area contributed by atoms with E-state index in [4.69, 9.17) is 0 Å². The molecule has 0 spiro atoms. The number of nitrogens with zero attached hydrogens (tertiary/aromatic N) is 3. The SMILES string of the molecule is CC(C)(C)c1ccc(-c2nnc(SCc3ccc(Br)cc3)n2C2CCCC2)cc1. The van der Waals surface area contributed by atoms with Gasteiger partial charge in [-0.15, -0.1) is 10.2 Å². The molecule has 0 bridgehead atoms. The van der Waals surface area contributed by atoms with Gasteiger partial charge >= 0.3 is 0 Å². The zero-order valence-corrected chi connectivity index (χ0v) is 19.8. The third-order valence-electron chi connectivity index (χ3n) is 5.64. The lowest BCUT2D eigenvalue weighted by molar-refractivity contribution is 0.485. The van der Waals surface area contributed by atoms with Crippen LogP contribution < -0.4 is 0 Å². The molecular weight excluding hydrogens is 442 g/mol. The molecule has 3 aromatic rings. The smallest absolute Gasteiger partial charge is 0.192 e. The van der Waals surface area contributed by atoms with Crippen molar-refractivity contribution < 1.29 is 0 Å². The minimum absolute atomic E-state index is 0.156. The van der Waals surface area contributed by atoms with E-state index in [9.17, 15) is 0 Å². The van der Waals surface area contributed by atoms with Crippen LogP contribution in [-0.4, -0.2) is 14.8 Å². The Kier molecular flexibility index (Phi) is 6.16. The molecule has 5 heteroatoms. The molecule has 29 heavy (non-hydrogen) atoms. The van der Waals surface area contributed by atoms with Crippen molar-refractivity contribution in [3.63, 3.8) is 0 Å². The second-order valence-corrected chi connectivity index (χ2v) is 10.7. The van der Waals surface area contributed by atoms with Crippen LogP contribution in [0.5, 0.6) is 0 Å². The third kappa shape index (κ3) is 4.77. The standard InChI is InChI=1S/C24H28BrN3S/c1-24(2,3)19-12-10-18(11-13-19)22-26-27-23(28(22)21-6-4-5-7-21)29-16-17-8-14-20(25)15-9-17/h8-15,21H,4-7,16H2,1-3H3. The second kappa shape index (κ2) is 8.65. The number of hydrogen-bond acceptors (Lipinski definition) is 3. The fourth-order valence-electron chi connectivity index (χ4n) is 3.91. The lowest BCUT2D eigenvalue weighted by Gasteiger charge is -2.20. The molecule has 152 valence electrons. The third-order valence-corrected chi connectivity index (χ3v) is 7.19. The molecule has 1 heterocycles. The Morgan fingerprint density at radius 1 is 0.966 bits per heavy atom. The Bertz CT molecular complexity index is 949. The Morgan fingerprint density at radius 2 is 1.62 bits per heavy atom. The van der Waals surface area contributed by atoms with Gasteiger partial charge in [-0.25, -0.2) is 0 Å². The molecule has 2 aromatic carbocycles. The van der Waals surface area contributed by atoms with E-state index in [1.165, 1.54) is 36.8 Å². The van der Waals surface area contributed by atoms with Crippen molar-refractivity contribution in [1.29, 1.82) is 0 Å². The quantitative estimate of drug-likeness (QED) is 0.364. The fourth-order valence-corrected chi connectivity index (χ4v) is 5.14. The van der Waals surface area contributed by atoms with Gasteiger partial charge in [-0.05, 0) is 41.5 Å². The van der Waals surface area contributed by atoms with E-state index < -0.39 is 0 Å². The molecule has 0 atom stereocenters. The van der Waals surface area contributed by atoms with Crippen LogP contribution in [0.4, 0.5) is 0 Å². The Hall–Kier alpha value is -1.59. The summed E-state index contributed by atoms with van der Waals surface area (Å²) in [5.74, 6) is 1.91. The predicted octanol–water partition coefficient (Wildman–Crippen LogP) is 7.41. The molecule has 0 unspecified atom stereocenters. The van der Waals surface area contributed by atoms with E-state index in [0.29, 0.717) is 6.04 Å². The summed E-state index contributed by atoms with van der Waals surface area (Å²) >= 11 is 5.30. The van der Waals surface area contributed by atoms with Gasteiger partial charge in [0.2, 0.25) is 0 Å². The number of halogens is 1. The minimum atomic E-state index is 0.156. The monoisotopic (exact) mass is 469 g/mol. The molecule has 1 saturated carbocycles. The summed E-state index contributed by atoms with van der Waals surface area (Å²) in [5, 5.41) is 10.3. The zero-order valence-electron chi connectivity index (χ0n) is 17.4. The highest BCUT2D eigenvalue weighted by Gasteiger charge is 2.25. The Balaban J connectivity index is 1.63. The summed E-state index contributed by atoms with van der Waals surface area (Å²) in [6.07, 6.45) is 5.03. The largest absolute Gasteiger partial charge is 0.299 e. The lowest BCUT2D eigenvalue weighted by atomic mass is 9.86. The molecule has 1 fully saturated rings. The maximum absolute atomic E-state index is 4.63. The van der Waals surface area contributed by atoms with E-state index in [1.807, 2.05) is 0 Å². The van der Waals surface area contributed by atoms with Crippen molar-refractivity contribution in [3.8, 4) is 11.4 Å². The van der Waals surface area contributed by atoms with Crippen LogP contribution in [0.15, 0.2) is 58.2 Å². The van der Waals surface area contributed by atoms with Gasteiger partial charge in [-0.1, -0.05) is 97.7 Å². The van der Waals surface area contributed by atoms with Crippen molar-refractivity contribution in [3.05, 3.63) is 64.1 Å². The first-order chi connectivity index (χ1) is 13.9. The van der Waals surface area contributed by atoms with Gasteiger partial charge in [0.25, 0.3) is 0 Å². The van der Waals surface area contributed by atoms with E-state index in [2.05, 4.69) is 100.0 Å². The average Bonchev–Trinajstić information content (AvgIpc) is 3.36. The highest BCUT2D eigenvalue weighted by atomic mass is 79.9. The molecule has 1 aliphatic carbocycles. The molecule has 1 aromatic heterocycles. The van der Waals surface area contributed by atoms with Crippen LogP contribution >= 0.6 is 27.7 Å². The molecule has 0 aliphatic heterocycles. The summed E-state index contributed by atoms with van der Waals surface area (Å²) in [5.41, 5.74) is 3.96. The first-order valence-corrected chi connectivity index (χ1v) is 12.1. The van der Waals surface area contributed by atoms with Gasteiger partial charge in [-0.3, -0.25) is 4.57 Å². The summed E-state index contributed by atoms with van der Waals surface area (Å²) in [6.45, 7) is 6.75. The number of hydrogen-bond donors (Lipinski definition) is 0. The summed E-state index contributed by atoms with van der Waals surface area (Å²) in [7, 11) is 0. The maximum Gasteiger partial charge on any atom is 0.192 e. The first-order valence-electron chi connectivity index (χ1n) is 10.3. The van der Waals surface area contributed by atoms with Crippen molar-refractivity contribution in [2.75, 3.05) is 0 Å². The van der Waals surface area contributed by atoms with Gasteiger partial charge in [0.15, 0.2) is 11.0 Å². The first kappa shape index (κ1) is 20.7. The highest BCUT2D eigenvalue weighted by molar-refractivity contribution is 9.10. The van der Waals surface area contributed by atoms with Crippen molar-refractivity contribution >= 4 is 27.7 Å². The lowest BCUT2D eigenvalue weighted by Crippen LogP contribution is -2.11. The van der Waals surface area contributed by atoms with Crippen molar-refractivity contribution in [1.82, 2.24) is 14.8 Å². The summed E-state index contributed by atoms with van der Waals surface area (Å²) in [4.78, 5) is 0. The van der Waals surface area contributed by atoms with Crippen LogP contribution in [-0.2, 0) is 11.2 Å². The molecule has 0 amide bonds. The van der Waals surface area contributed by atoms with Crippen LogP contribution in [0, 0.1) is 0 Å². The summed E-state index contributed by atoms with van der Waals surface area (Å²) < 4.78 is 3.52. The minimum Gasteiger partial charge on any atom is -0.299 e. The van der Waals surface area contributed by atoms with Crippen LogP contribution in [0.2, 0.25) is 0 Å². The van der Waals surface area contributed by atoms with Gasteiger partial charge in [0.1, 0.15) is 0 Å². The van der Waals surface area contributed by atoms with E-state index in [1.54, 1.807) is 11.8 Å². The van der Waals surface area contributed by atoms with Gasteiger partial charge in [0, 0.05) is 21.8 Å². The Labute approximate surface area is 186 Å². The second-order valence-electron chi connectivity index (χ2n) is 8.86. The topological polar surface area (TPSA) is 30.7 Å². The molecule has 1 aliphatic rings. The normalized spacial score (nSPS) is 15.2. The van der Waals surface area contributed by atoms with Gasteiger partial charge in [0.05, 0.1) is 0 Å². The van der Waals surface area contributed by atoms with Crippen LogP contribution in [0.25, 0.3) is 11.4 Å². The molecule has 3 nitrogen and oxygen atoms in total. The molecule has 0 N–H and O–H groups in total. The maximum atomic E-state index is 4.63. The zero-order chi connectivity index (χ0) is 20.4. The van der Waals surface area contributed by atoms with Crippen molar-refractivity contribution in [2.24, 2.45) is 0 Å². The van der Waals surface area contributed by atoms with Crippen LogP contribution in [0.3, 0.4) is 0 Å². The highest BCUT2D eigenvalue weighted by Crippen LogP contribution is 2.37. The predicted molar refractivity (Wildman–Crippen MR) is 125 cm³/mol. The van der Waals surface area contributed by atoms with E-state index >= 15 is 0 Å². The average molecular weight is 470 g/mol. The van der Waals surface area contributed by atoms with E-state index in [0.717, 1.165) is 26.8 Å². The fraction of sp³-hybridized carbons (Fsp3) is 0.417. The molecular formula is C24H28BrN3S. The molecule has 0 radical (unpaired) electrons. The number of rotatable bonds is 5. The number of thioether (sulfide) groups is 1.